The van der Waals surface area contributed by atoms with Crippen molar-refractivity contribution in [3.63, 3.8) is 0 Å². The fourth-order valence-electron chi connectivity index (χ4n) is 0.719. The lowest BCUT2D eigenvalue weighted by Gasteiger charge is -2.03. The van der Waals surface area contributed by atoms with Crippen LogP contribution in [0.3, 0.4) is 0 Å². The molecule has 5 nitrogen and oxygen atoms in total. The van der Waals surface area contributed by atoms with E-state index in [-0.39, 0.29) is 15.8 Å². The van der Waals surface area contributed by atoms with Crippen LogP contribution in [-0.2, 0) is 15.1 Å². The van der Waals surface area contributed by atoms with Crippen molar-refractivity contribution in [3.8, 4) is 5.75 Å². The molecule has 0 aliphatic heterocycles. The average molecular weight is 268 g/mol. The Morgan fingerprint density at radius 2 is 2.00 bits per heavy atom. The molecule has 0 aliphatic carbocycles. The van der Waals surface area contributed by atoms with Gasteiger partial charge in [0.2, 0.25) is 0 Å². The highest BCUT2D eigenvalue weighted by molar-refractivity contribution is 7.85. The summed E-state index contributed by atoms with van der Waals surface area (Å²) in [6.45, 7) is 0. The zero-order valence-electron chi connectivity index (χ0n) is 6.98. The van der Waals surface area contributed by atoms with Crippen LogP contribution in [-0.4, -0.2) is 14.5 Å². The second-order valence-electron chi connectivity index (χ2n) is 2.27. The molecule has 1 aromatic carbocycles. The highest BCUT2D eigenvalue weighted by atomic mass is 35.5. The first-order chi connectivity index (χ1) is 6.94. The molecule has 80 valence electrons. The van der Waals surface area contributed by atoms with E-state index >= 15 is 0 Å². The molecule has 0 radical (unpaired) electrons. The summed E-state index contributed by atoms with van der Waals surface area (Å²) in [7, 11) is -4.37. The van der Waals surface area contributed by atoms with E-state index in [0.29, 0.717) is 0 Å². The van der Waals surface area contributed by atoms with Crippen LogP contribution in [0.25, 0.3) is 0 Å². The minimum Gasteiger partial charge on any atom is -0.363 e. The van der Waals surface area contributed by atoms with Crippen molar-refractivity contribution in [2.45, 2.75) is 0 Å². The van der Waals surface area contributed by atoms with Crippen LogP contribution < -0.4 is 4.18 Å². The average Bonchev–Trinajstić information content (AvgIpc) is 2.10. The van der Waals surface area contributed by atoms with Gasteiger partial charge in [0.1, 0.15) is 0 Å². The molecule has 0 bridgehead atoms. The molecule has 8 heteroatoms. The molecule has 0 amide bonds. The number of rotatable bonds is 3. The lowest BCUT2D eigenvalue weighted by atomic mass is 10.3. The molecule has 1 rings (SSSR count). The summed E-state index contributed by atoms with van der Waals surface area (Å²) < 4.78 is 28.7. The smallest absolute Gasteiger partial charge is 0.363 e. The number of nitrogens with zero attached hydrogens (tertiary/aromatic N) is 1. The van der Waals surface area contributed by atoms with Gasteiger partial charge in [-0.2, -0.15) is 8.42 Å². The lowest BCUT2D eigenvalue weighted by Crippen LogP contribution is -2.05. The molecule has 0 heterocycles. The van der Waals surface area contributed by atoms with Gasteiger partial charge < -0.3 is 4.18 Å². The van der Waals surface area contributed by atoms with E-state index in [1.165, 1.54) is 18.2 Å². The molecule has 0 saturated heterocycles. The van der Waals surface area contributed by atoms with Gasteiger partial charge in [0.05, 0.1) is 5.02 Å². The lowest BCUT2D eigenvalue weighted by molar-refractivity contribution is 0.487. The Balaban J connectivity index is 3.09. The Labute approximate surface area is 95.5 Å². The predicted molar refractivity (Wildman–Crippen MR) is 54.1 cm³/mol. The monoisotopic (exact) mass is 267 g/mol. The largest absolute Gasteiger partial charge is 0.439 e. The first kappa shape index (κ1) is 12.0. The molecular formula is C7H3Cl2NO4S. The molecule has 0 N–H and O–H groups in total. The third kappa shape index (κ3) is 3.53. The third-order valence-corrected chi connectivity index (χ3v) is 2.47. The molecule has 1 aromatic rings. The fourth-order valence-corrected chi connectivity index (χ4v) is 1.58. The van der Waals surface area contributed by atoms with Crippen molar-refractivity contribution < 1.29 is 17.4 Å². The number of hydrogen-bond donors (Lipinski definition) is 0. The second-order valence-corrected chi connectivity index (χ2v) is 4.32. The van der Waals surface area contributed by atoms with Crippen molar-refractivity contribution in [3.05, 3.63) is 28.2 Å². The Kier molecular flexibility index (Phi) is 3.71. The van der Waals surface area contributed by atoms with Crippen LogP contribution in [0.5, 0.6) is 5.75 Å². The van der Waals surface area contributed by atoms with Crippen molar-refractivity contribution >= 4 is 39.6 Å². The first-order valence-corrected chi connectivity index (χ1v) is 5.55. The Morgan fingerprint density at radius 1 is 1.33 bits per heavy atom. The van der Waals surface area contributed by atoms with Crippen LogP contribution in [0.1, 0.15) is 0 Å². The minimum absolute atomic E-state index is 0.0315. The van der Waals surface area contributed by atoms with Gasteiger partial charge in [-0.15, -0.1) is 0 Å². The summed E-state index contributed by atoms with van der Waals surface area (Å²) in [6, 6.07) is 3.98. The van der Waals surface area contributed by atoms with Gasteiger partial charge in [0.25, 0.3) is 6.08 Å². The normalized spacial score (nSPS) is 10.5. The number of carbonyl (C=O) groups excluding carboxylic acids is 1. The van der Waals surface area contributed by atoms with Crippen molar-refractivity contribution in [2.24, 2.45) is 4.40 Å². The number of hydrogen-bond acceptors (Lipinski definition) is 4. The SMILES string of the molecule is O=C=NS(=O)(=O)Oc1cc(Cl)ccc1Cl. The van der Waals surface area contributed by atoms with Gasteiger partial charge in [-0.3, -0.25) is 0 Å². The molecule has 0 unspecified atom stereocenters. The van der Waals surface area contributed by atoms with E-state index in [9.17, 15) is 13.2 Å². The van der Waals surface area contributed by atoms with E-state index in [1.54, 1.807) is 0 Å². The summed E-state index contributed by atoms with van der Waals surface area (Å²) >= 11 is 11.2. The van der Waals surface area contributed by atoms with Gasteiger partial charge in [-0.25, -0.2) is 4.79 Å². The molecule has 15 heavy (non-hydrogen) atoms. The highest BCUT2D eigenvalue weighted by Crippen LogP contribution is 2.28. The standard InChI is InChI=1S/C7H3Cl2NO4S/c8-5-1-2-6(9)7(3-5)14-15(12,13)10-4-11/h1-3H. The maximum atomic E-state index is 10.9. The Hall–Kier alpha value is -1.07. The number of isocyanates is 1. The topological polar surface area (TPSA) is 72.8 Å². The summed E-state index contributed by atoms with van der Waals surface area (Å²) in [6.07, 6.45) is 0.848. The van der Waals surface area contributed by atoms with E-state index in [1.807, 2.05) is 0 Å². The summed E-state index contributed by atoms with van der Waals surface area (Å²) in [4.78, 5) is 9.75. The summed E-state index contributed by atoms with van der Waals surface area (Å²) in [5.74, 6) is -0.205. The Morgan fingerprint density at radius 3 is 2.60 bits per heavy atom. The van der Waals surface area contributed by atoms with Gasteiger partial charge in [-0.1, -0.05) is 23.2 Å². The van der Waals surface area contributed by atoms with E-state index in [2.05, 4.69) is 8.58 Å². The predicted octanol–water partition coefficient (Wildman–Crippen LogP) is 1.95. The minimum atomic E-state index is -4.37. The van der Waals surface area contributed by atoms with E-state index in [4.69, 9.17) is 23.2 Å². The summed E-state index contributed by atoms with van der Waals surface area (Å²) in [5.41, 5.74) is 0. The van der Waals surface area contributed by atoms with Crippen molar-refractivity contribution in [1.82, 2.24) is 0 Å². The van der Waals surface area contributed by atoms with Gasteiger partial charge in [-0.05, 0) is 16.5 Å². The van der Waals surface area contributed by atoms with Crippen molar-refractivity contribution in [1.29, 1.82) is 0 Å². The number of halogens is 2. The van der Waals surface area contributed by atoms with Crippen LogP contribution in [0, 0.1) is 0 Å². The van der Waals surface area contributed by atoms with Gasteiger partial charge in [0, 0.05) is 11.1 Å². The molecule has 0 fully saturated rings. The maximum absolute atomic E-state index is 10.9. The molecular weight excluding hydrogens is 265 g/mol. The van der Waals surface area contributed by atoms with Crippen LogP contribution >= 0.6 is 23.2 Å². The highest BCUT2D eigenvalue weighted by Gasteiger charge is 2.13. The van der Waals surface area contributed by atoms with E-state index < -0.39 is 10.3 Å². The summed E-state index contributed by atoms with van der Waals surface area (Å²) in [5, 5.41) is 0.267. The maximum Gasteiger partial charge on any atom is 0.439 e. The van der Waals surface area contributed by atoms with Crippen LogP contribution in [0.2, 0.25) is 10.0 Å². The van der Waals surface area contributed by atoms with Crippen LogP contribution in [0.4, 0.5) is 0 Å². The molecule has 0 aliphatic rings. The second kappa shape index (κ2) is 4.63. The Bertz CT molecular complexity index is 522. The fraction of sp³-hybridized carbons (Fsp3) is 0. The zero-order valence-corrected chi connectivity index (χ0v) is 9.30. The van der Waals surface area contributed by atoms with E-state index in [0.717, 1.165) is 6.08 Å². The third-order valence-electron chi connectivity index (χ3n) is 1.24. The first-order valence-electron chi connectivity index (χ1n) is 3.43. The molecule has 0 spiro atoms. The molecule has 0 saturated carbocycles. The number of benzene rings is 1. The molecule has 0 aromatic heterocycles. The quantitative estimate of drug-likeness (QED) is 0.620. The van der Waals surface area contributed by atoms with Crippen molar-refractivity contribution in [2.75, 3.05) is 0 Å². The van der Waals surface area contributed by atoms with Gasteiger partial charge in [0.15, 0.2) is 5.75 Å². The van der Waals surface area contributed by atoms with Gasteiger partial charge >= 0.3 is 10.3 Å². The molecule has 0 atom stereocenters. The van der Waals surface area contributed by atoms with Crippen LogP contribution in [0.15, 0.2) is 22.6 Å². The zero-order chi connectivity index (χ0) is 11.5.